The number of nitrogens with zero attached hydrogens (tertiary/aromatic N) is 7. The highest BCUT2D eigenvalue weighted by Crippen LogP contribution is 2.23. The summed E-state index contributed by atoms with van der Waals surface area (Å²) in [6.45, 7) is 3.02. The van der Waals surface area contributed by atoms with E-state index in [2.05, 4.69) is 41.1 Å². The lowest BCUT2D eigenvalue weighted by Crippen LogP contribution is -2.49. The highest BCUT2D eigenvalue weighted by Gasteiger charge is 2.26. The molecule has 0 atom stereocenters. The SMILES string of the molecule is O=C(c1ccc(Br)o1)N1CCN(c2ncnc3c2nnn3Cc2ccccc2)CC1. The summed E-state index contributed by atoms with van der Waals surface area (Å²) in [6.07, 6.45) is 1.54. The van der Waals surface area contributed by atoms with Crippen LogP contribution in [0.3, 0.4) is 0 Å². The largest absolute Gasteiger partial charge is 0.444 e. The summed E-state index contributed by atoms with van der Waals surface area (Å²) >= 11 is 3.24. The standard InChI is InChI=1S/C20H18BrN7O2/c21-16-7-6-15(30-16)20(29)27-10-8-26(9-11-27)18-17-19(23-13-22-18)28(25-24-17)12-14-4-2-1-3-5-14/h1-7,13H,8-12H2. The van der Waals surface area contributed by atoms with Crippen LogP contribution < -0.4 is 4.90 Å². The molecule has 1 aromatic carbocycles. The number of benzene rings is 1. The maximum Gasteiger partial charge on any atom is 0.289 e. The fourth-order valence-corrected chi connectivity index (χ4v) is 3.89. The molecule has 0 radical (unpaired) electrons. The number of rotatable bonds is 4. The minimum Gasteiger partial charge on any atom is -0.444 e. The topological polar surface area (TPSA) is 93.2 Å². The summed E-state index contributed by atoms with van der Waals surface area (Å²) in [6, 6.07) is 13.5. The van der Waals surface area contributed by atoms with E-state index in [1.54, 1.807) is 28.0 Å². The average Bonchev–Trinajstić information content (AvgIpc) is 3.40. The van der Waals surface area contributed by atoms with Crippen molar-refractivity contribution in [1.82, 2.24) is 29.9 Å². The maximum absolute atomic E-state index is 12.6. The van der Waals surface area contributed by atoms with Crippen LogP contribution >= 0.6 is 15.9 Å². The van der Waals surface area contributed by atoms with Crippen molar-refractivity contribution < 1.29 is 9.21 Å². The van der Waals surface area contributed by atoms with Crippen LogP contribution in [0.4, 0.5) is 5.82 Å². The van der Waals surface area contributed by atoms with Gasteiger partial charge in [0.25, 0.3) is 5.91 Å². The first-order valence-electron chi connectivity index (χ1n) is 9.57. The zero-order chi connectivity index (χ0) is 20.5. The van der Waals surface area contributed by atoms with Crippen LogP contribution in [-0.2, 0) is 6.54 Å². The molecular weight excluding hydrogens is 450 g/mol. The van der Waals surface area contributed by atoms with E-state index < -0.39 is 0 Å². The summed E-state index contributed by atoms with van der Waals surface area (Å²) in [4.78, 5) is 25.3. The van der Waals surface area contributed by atoms with Gasteiger partial charge in [0.05, 0.1) is 6.54 Å². The number of hydrogen-bond acceptors (Lipinski definition) is 7. The van der Waals surface area contributed by atoms with Gasteiger partial charge >= 0.3 is 0 Å². The highest BCUT2D eigenvalue weighted by atomic mass is 79.9. The number of fused-ring (bicyclic) bond motifs is 1. The molecule has 1 saturated heterocycles. The Labute approximate surface area is 180 Å². The number of hydrogen-bond donors (Lipinski definition) is 0. The molecule has 4 aromatic rings. The van der Waals surface area contributed by atoms with E-state index in [0.29, 0.717) is 54.3 Å². The molecule has 1 fully saturated rings. The summed E-state index contributed by atoms with van der Waals surface area (Å²) in [5, 5.41) is 8.63. The van der Waals surface area contributed by atoms with E-state index in [1.807, 2.05) is 30.3 Å². The molecule has 5 rings (SSSR count). The Kier molecular flexibility index (Phi) is 4.91. The van der Waals surface area contributed by atoms with Gasteiger partial charge in [0, 0.05) is 26.2 Å². The van der Waals surface area contributed by atoms with Crippen LogP contribution in [0.1, 0.15) is 16.1 Å². The van der Waals surface area contributed by atoms with Crippen LogP contribution in [0.5, 0.6) is 0 Å². The van der Waals surface area contributed by atoms with Crippen molar-refractivity contribution in [1.29, 1.82) is 0 Å². The number of carbonyl (C=O) groups is 1. The van der Waals surface area contributed by atoms with Gasteiger partial charge in [-0.3, -0.25) is 4.79 Å². The van der Waals surface area contributed by atoms with Gasteiger partial charge in [0.15, 0.2) is 27.4 Å². The number of furan rings is 1. The molecule has 0 bridgehead atoms. The summed E-state index contributed by atoms with van der Waals surface area (Å²) in [5.74, 6) is 0.970. The molecule has 0 aliphatic carbocycles. The van der Waals surface area contributed by atoms with E-state index in [9.17, 15) is 4.79 Å². The van der Waals surface area contributed by atoms with E-state index >= 15 is 0 Å². The van der Waals surface area contributed by atoms with Crippen LogP contribution in [0.15, 0.2) is 57.9 Å². The Balaban J connectivity index is 1.33. The second-order valence-corrected chi connectivity index (χ2v) is 7.77. The van der Waals surface area contributed by atoms with Gasteiger partial charge in [-0.2, -0.15) is 0 Å². The van der Waals surface area contributed by atoms with Gasteiger partial charge in [0.1, 0.15) is 6.33 Å². The summed E-state index contributed by atoms with van der Waals surface area (Å²) in [5.41, 5.74) is 2.49. The molecule has 1 aliphatic heterocycles. The first-order valence-corrected chi connectivity index (χ1v) is 10.4. The minimum atomic E-state index is -0.109. The molecule has 10 heteroatoms. The minimum absolute atomic E-state index is 0.109. The molecule has 152 valence electrons. The van der Waals surface area contributed by atoms with E-state index in [-0.39, 0.29) is 5.91 Å². The Bertz CT molecular complexity index is 1180. The summed E-state index contributed by atoms with van der Waals surface area (Å²) < 4.78 is 7.72. The van der Waals surface area contributed by atoms with Crippen molar-refractivity contribution in [3.05, 3.63) is 64.8 Å². The second-order valence-electron chi connectivity index (χ2n) is 6.99. The quantitative estimate of drug-likeness (QED) is 0.455. The highest BCUT2D eigenvalue weighted by molar-refractivity contribution is 9.10. The number of aromatic nitrogens is 5. The molecule has 30 heavy (non-hydrogen) atoms. The fraction of sp³-hybridized carbons (Fsp3) is 0.250. The first-order chi connectivity index (χ1) is 14.7. The molecule has 4 heterocycles. The van der Waals surface area contributed by atoms with Crippen molar-refractivity contribution in [2.75, 3.05) is 31.1 Å². The zero-order valence-electron chi connectivity index (χ0n) is 16.0. The molecule has 0 spiro atoms. The third-order valence-corrected chi connectivity index (χ3v) is 5.53. The van der Waals surface area contributed by atoms with Crippen LogP contribution in [-0.4, -0.2) is 61.9 Å². The lowest BCUT2D eigenvalue weighted by molar-refractivity contribution is 0.0713. The van der Waals surface area contributed by atoms with Crippen molar-refractivity contribution in [2.45, 2.75) is 6.54 Å². The van der Waals surface area contributed by atoms with Gasteiger partial charge in [-0.25, -0.2) is 14.6 Å². The molecule has 1 aliphatic rings. The monoisotopic (exact) mass is 467 g/mol. The van der Waals surface area contributed by atoms with Gasteiger partial charge in [-0.15, -0.1) is 5.10 Å². The molecule has 0 saturated carbocycles. The van der Waals surface area contributed by atoms with Crippen molar-refractivity contribution in [3.8, 4) is 0 Å². The third kappa shape index (κ3) is 3.54. The van der Waals surface area contributed by atoms with Crippen molar-refractivity contribution in [3.63, 3.8) is 0 Å². The smallest absolute Gasteiger partial charge is 0.289 e. The number of anilines is 1. The zero-order valence-corrected chi connectivity index (χ0v) is 17.6. The van der Waals surface area contributed by atoms with Gasteiger partial charge in [-0.05, 0) is 33.6 Å². The van der Waals surface area contributed by atoms with Crippen LogP contribution in [0.2, 0.25) is 0 Å². The lowest BCUT2D eigenvalue weighted by atomic mass is 10.2. The molecule has 1 amide bonds. The number of halogens is 1. The van der Waals surface area contributed by atoms with Crippen molar-refractivity contribution >= 4 is 38.8 Å². The Morgan fingerprint density at radius 2 is 1.83 bits per heavy atom. The predicted octanol–water partition coefficient (Wildman–Crippen LogP) is 2.59. The normalized spacial score (nSPS) is 14.4. The van der Waals surface area contributed by atoms with Crippen LogP contribution in [0.25, 0.3) is 11.2 Å². The number of amides is 1. The Hall–Kier alpha value is -3.27. The number of piperazine rings is 1. The molecule has 0 unspecified atom stereocenters. The fourth-order valence-electron chi connectivity index (χ4n) is 3.58. The predicted molar refractivity (Wildman–Crippen MR) is 113 cm³/mol. The molecule has 9 nitrogen and oxygen atoms in total. The number of carbonyl (C=O) groups excluding carboxylic acids is 1. The Morgan fingerprint density at radius 1 is 1.03 bits per heavy atom. The van der Waals surface area contributed by atoms with E-state index in [0.717, 1.165) is 11.4 Å². The Morgan fingerprint density at radius 3 is 2.57 bits per heavy atom. The third-order valence-electron chi connectivity index (χ3n) is 5.11. The second kappa shape index (κ2) is 7.86. The molecule has 0 N–H and O–H groups in total. The van der Waals surface area contributed by atoms with Gasteiger partial charge in [0.2, 0.25) is 0 Å². The first kappa shape index (κ1) is 18.7. The molecule has 3 aromatic heterocycles. The summed E-state index contributed by atoms with van der Waals surface area (Å²) in [7, 11) is 0. The molecular formula is C20H18BrN7O2. The van der Waals surface area contributed by atoms with E-state index in [4.69, 9.17) is 4.42 Å². The van der Waals surface area contributed by atoms with Gasteiger partial charge < -0.3 is 14.2 Å². The van der Waals surface area contributed by atoms with Crippen molar-refractivity contribution in [2.24, 2.45) is 0 Å². The average molecular weight is 468 g/mol. The van der Waals surface area contributed by atoms with Gasteiger partial charge in [-0.1, -0.05) is 35.5 Å². The lowest BCUT2D eigenvalue weighted by Gasteiger charge is -2.34. The van der Waals surface area contributed by atoms with E-state index in [1.165, 1.54) is 0 Å². The van der Waals surface area contributed by atoms with Crippen LogP contribution in [0, 0.1) is 0 Å². The maximum atomic E-state index is 12.6.